The molecule has 11 rings (SSSR count). The molecule has 0 N–H and O–H groups in total. The highest BCUT2D eigenvalue weighted by Crippen LogP contribution is 2.38. The van der Waals surface area contributed by atoms with Gasteiger partial charge in [-0.3, -0.25) is 0 Å². The predicted octanol–water partition coefficient (Wildman–Crippen LogP) is 14.0. The fourth-order valence-electron chi connectivity index (χ4n) is 8.09. The molecule has 5 heteroatoms. The Hall–Kier alpha value is -8.02. The molecule has 0 aliphatic rings. The number of benzene rings is 9. The summed E-state index contributed by atoms with van der Waals surface area (Å²) in [6.07, 6.45) is 0. The Morgan fingerprint density at radius 2 is 0.780 bits per heavy atom. The van der Waals surface area contributed by atoms with Gasteiger partial charge >= 0.3 is 0 Å². The minimum absolute atomic E-state index is 0.544. The van der Waals surface area contributed by atoms with E-state index in [9.17, 15) is 0 Å². The van der Waals surface area contributed by atoms with E-state index in [1.54, 1.807) is 0 Å². The van der Waals surface area contributed by atoms with E-state index in [-0.39, 0.29) is 0 Å². The first-order valence-corrected chi connectivity index (χ1v) is 19.7. The second-order valence-corrected chi connectivity index (χ2v) is 14.6. The number of rotatable bonds is 7. The summed E-state index contributed by atoms with van der Waals surface area (Å²) in [6.45, 7) is 0. The Morgan fingerprint density at radius 1 is 0.288 bits per heavy atom. The maximum Gasteiger partial charge on any atom is 0.227 e. The van der Waals surface area contributed by atoms with Crippen LogP contribution in [0.25, 0.3) is 112 Å². The molecule has 0 spiro atoms. The van der Waals surface area contributed by atoms with E-state index < -0.39 is 0 Å². The summed E-state index contributed by atoms with van der Waals surface area (Å²) in [5.41, 5.74) is 11.9. The maximum atomic E-state index is 6.18. The number of aromatic nitrogens is 4. The Bertz CT molecular complexity index is 3300. The van der Waals surface area contributed by atoms with Gasteiger partial charge in [-0.25, -0.2) is 19.9 Å². The fraction of sp³-hybridized carbons (Fsp3) is 0. The van der Waals surface area contributed by atoms with E-state index >= 15 is 0 Å². The lowest BCUT2D eigenvalue weighted by Gasteiger charge is -2.14. The van der Waals surface area contributed by atoms with Crippen molar-refractivity contribution in [1.82, 2.24) is 19.9 Å². The van der Waals surface area contributed by atoms with E-state index in [2.05, 4.69) is 152 Å². The van der Waals surface area contributed by atoms with Crippen molar-refractivity contribution in [2.45, 2.75) is 0 Å². The number of oxazole rings is 1. The second-order valence-electron chi connectivity index (χ2n) is 14.6. The lowest BCUT2D eigenvalue weighted by molar-refractivity contribution is 0.620. The molecule has 0 saturated carbocycles. The van der Waals surface area contributed by atoms with Crippen LogP contribution in [-0.4, -0.2) is 19.9 Å². The zero-order chi connectivity index (χ0) is 39.1. The van der Waals surface area contributed by atoms with Crippen LogP contribution in [0.4, 0.5) is 0 Å². The van der Waals surface area contributed by atoms with Crippen molar-refractivity contribution in [3.05, 3.63) is 206 Å². The third kappa shape index (κ3) is 6.41. The zero-order valence-corrected chi connectivity index (χ0v) is 31.8. The summed E-state index contributed by atoms with van der Waals surface area (Å²) in [4.78, 5) is 20.4. The van der Waals surface area contributed by atoms with E-state index in [0.29, 0.717) is 23.4 Å². The van der Waals surface area contributed by atoms with E-state index in [0.717, 1.165) is 61.0 Å². The molecule has 0 fully saturated rings. The van der Waals surface area contributed by atoms with Crippen LogP contribution in [0, 0.1) is 0 Å². The first-order valence-electron chi connectivity index (χ1n) is 19.7. The average Bonchev–Trinajstić information content (AvgIpc) is 3.76. The van der Waals surface area contributed by atoms with Gasteiger partial charge in [0.05, 0.1) is 0 Å². The van der Waals surface area contributed by atoms with Gasteiger partial charge in [0.15, 0.2) is 23.1 Å². The third-order valence-corrected chi connectivity index (χ3v) is 10.9. The van der Waals surface area contributed by atoms with Crippen LogP contribution in [0.3, 0.4) is 0 Å². The molecule has 0 aliphatic carbocycles. The topological polar surface area (TPSA) is 64.7 Å². The molecule has 0 aliphatic heterocycles. The normalized spacial score (nSPS) is 11.4. The summed E-state index contributed by atoms with van der Waals surface area (Å²) in [6, 6.07) is 71.4. The van der Waals surface area contributed by atoms with Crippen molar-refractivity contribution in [2.24, 2.45) is 0 Å². The first kappa shape index (κ1) is 34.2. The second kappa shape index (κ2) is 14.5. The van der Waals surface area contributed by atoms with Crippen LogP contribution < -0.4 is 0 Å². The van der Waals surface area contributed by atoms with Gasteiger partial charge in [-0.05, 0) is 97.4 Å². The molecular formula is C54H34N4O. The van der Waals surface area contributed by atoms with Gasteiger partial charge in [0.25, 0.3) is 0 Å². The number of para-hydroxylation sites is 2. The van der Waals surface area contributed by atoms with E-state index in [1.165, 1.54) is 27.3 Å². The standard InChI is InChI=1S/C54H34N4O/c1-3-15-35(16-4-1)44-29-30-45(47-26-10-9-25-46(44)47)38-20-13-21-39(31-38)51-56-52(40-22-14-23-41(33-40)54-55-49-27-11-12-28-50(49)59-54)58-53(57-51)42-32-37-19-7-8-24-43(37)48(34-42)36-17-5-2-6-18-36/h1-34H. The lowest BCUT2D eigenvalue weighted by Crippen LogP contribution is -2.01. The highest BCUT2D eigenvalue weighted by Gasteiger charge is 2.18. The van der Waals surface area contributed by atoms with Gasteiger partial charge in [-0.1, -0.05) is 164 Å². The molecule has 0 amide bonds. The smallest absolute Gasteiger partial charge is 0.227 e. The fourth-order valence-corrected chi connectivity index (χ4v) is 8.09. The van der Waals surface area contributed by atoms with Gasteiger partial charge < -0.3 is 4.42 Å². The Kier molecular flexibility index (Phi) is 8.41. The molecule has 2 aromatic heterocycles. The number of nitrogens with zero attached hydrogens (tertiary/aromatic N) is 4. The van der Waals surface area contributed by atoms with Crippen LogP contribution in [0.15, 0.2) is 211 Å². The molecule has 0 radical (unpaired) electrons. The molecule has 0 saturated heterocycles. The van der Waals surface area contributed by atoms with Crippen LogP contribution in [0.5, 0.6) is 0 Å². The number of hydrogen-bond acceptors (Lipinski definition) is 5. The Morgan fingerprint density at radius 3 is 1.46 bits per heavy atom. The minimum Gasteiger partial charge on any atom is -0.436 e. The van der Waals surface area contributed by atoms with Crippen LogP contribution in [-0.2, 0) is 0 Å². The molecule has 11 aromatic rings. The summed E-state index contributed by atoms with van der Waals surface area (Å²) < 4.78 is 6.18. The summed E-state index contributed by atoms with van der Waals surface area (Å²) >= 11 is 0. The van der Waals surface area contributed by atoms with Crippen molar-refractivity contribution in [3.8, 4) is 79.0 Å². The SMILES string of the molecule is c1ccc(-c2cc(-c3nc(-c4cccc(-c5nc6ccccc6o5)c4)nc(-c4cccc(-c5ccc(-c6ccccc6)c6ccccc56)c4)n3)cc3ccccc23)cc1. The molecule has 0 atom stereocenters. The van der Waals surface area contributed by atoms with Crippen molar-refractivity contribution in [3.63, 3.8) is 0 Å². The first-order chi connectivity index (χ1) is 29.2. The number of fused-ring (bicyclic) bond motifs is 3. The van der Waals surface area contributed by atoms with Crippen molar-refractivity contribution in [1.29, 1.82) is 0 Å². The highest BCUT2D eigenvalue weighted by molar-refractivity contribution is 6.05. The van der Waals surface area contributed by atoms with Gasteiger partial charge in [0.1, 0.15) is 5.52 Å². The van der Waals surface area contributed by atoms with E-state index in [1.807, 2.05) is 54.6 Å². The van der Waals surface area contributed by atoms with Gasteiger partial charge in [-0.2, -0.15) is 0 Å². The molecule has 59 heavy (non-hydrogen) atoms. The predicted molar refractivity (Wildman–Crippen MR) is 240 cm³/mol. The van der Waals surface area contributed by atoms with Crippen molar-refractivity contribution in [2.75, 3.05) is 0 Å². The van der Waals surface area contributed by atoms with Gasteiger partial charge in [0, 0.05) is 22.3 Å². The molecular weight excluding hydrogens is 721 g/mol. The summed E-state index contributed by atoms with van der Waals surface area (Å²) in [5, 5.41) is 4.67. The minimum atomic E-state index is 0.544. The quantitative estimate of drug-likeness (QED) is 0.162. The van der Waals surface area contributed by atoms with E-state index in [4.69, 9.17) is 24.4 Å². The van der Waals surface area contributed by atoms with Gasteiger partial charge in [-0.15, -0.1) is 0 Å². The summed E-state index contributed by atoms with van der Waals surface area (Å²) in [5.74, 6) is 2.27. The molecule has 5 nitrogen and oxygen atoms in total. The third-order valence-electron chi connectivity index (χ3n) is 10.9. The maximum absolute atomic E-state index is 6.18. The number of hydrogen-bond donors (Lipinski definition) is 0. The Labute approximate surface area is 341 Å². The van der Waals surface area contributed by atoms with Crippen molar-refractivity contribution >= 4 is 32.6 Å². The van der Waals surface area contributed by atoms with Crippen molar-refractivity contribution < 1.29 is 4.42 Å². The lowest BCUT2D eigenvalue weighted by atomic mass is 9.91. The molecule has 276 valence electrons. The van der Waals surface area contributed by atoms with Crippen LogP contribution in [0.2, 0.25) is 0 Å². The zero-order valence-electron chi connectivity index (χ0n) is 31.8. The molecule has 0 bridgehead atoms. The van der Waals surface area contributed by atoms with Crippen LogP contribution in [0.1, 0.15) is 0 Å². The molecule has 9 aromatic carbocycles. The monoisotopic (exact) mass is 754 g/mol. The highest BCUT2D eigenvalue weighted by atomic mass is 16.3. The molecule has 2 heterocycles. The Balaban J connectivity index is 1.09. The molecule has 0 unspecified atom stereocenters. The largest absolute Gasteiger partial charge is 0.436 e. The van der Waals surface area contributed by atoms with Crippen LogP contribution >= 0.6 is 0 Å². The summed E-state index contributed by atoms with van der Waals surface area (Å²) in [7, 11) is 0. The van der Waals surface area contributed by atoms with Gasteiger partial charge in [0.2, 0.25) is 5.89 Å². The average molecular weight is 755 g/mol.